The smallest absolute Gasteiger partial charge is 0.411 e. The molecule has 0 heterocycles. The molecule has 1 amide bonds. The van der Waals surface area contributed by atoms with Crippen molar-refractivity contribution in [1.29, 1.82) is 0 Å². The normalized spacial score (nSPS) is 12.2. The van der Waals surface area contributed by atoms with Gasteiger partial charge in [0.2, 0.25) is 0 Å². The largest absolute Gasteiger partial charge is 0.436 e. The van der Waals surface area contributed by atoms with Gasteiger partial charge in [-0.05, 0) is 60.8 Å². The summed E-state index contributed by atoms with van der Waals surface area (Å²) in [4.78, 5) is 26.8. The van der Waals surface area contributed by atoms with Crippen molar-refractivity contribution in [2.75, 3.05) is 13.2 Å². The van der Waals surface area contributed by atoms with E-state index >= 15 is 0 Å². The molecule has 0 saturated heterocycles. The summed E-state index contributed by atoms with van der Waals surface area (Å²) in [5.41, 5.74) is 7.01. The third-order valence-corrected chi connectivity index (χ3v) is 11.2. The number of fused-ring (bicyclic) bond motifs is 3. The molecule has 0 aliphatic heterocycles. The Morgan fingerprint density at radius 1 is 0.840 bits per heavy atom. The highest BCUT2D eigenvalue weighted by molar-refractivity contribution is 6.80. The molecule has 0 fully saturated rings. The predicted octanol–water partition coefficient (Wildman–Crippen LogP) is 7.60. The van der Waals surface area contributed by atoms with Crippen LogP contribution < -0.4 is 10.4 Å². The van der Waals surface area contributed by atoms with Crippen LogP contribution in [0.15, 0.2) is 121 Å². The summed E-state index contributed by atoms with van der Waals surface area (Å²) in [6.45, 7) is 6.93. The van der Waals surface area contributed by atoms with E-state index in [0.29, 0.717) is 12.1 Å². The van der Waals surface area contributed by atoms with Gasteiger partial charge in [-0.3, -0.25) is 10.1 Å². The number of hydrogen-bond acceptors (Lipinski definition) is 5. The maximum atomic E-state index is 13.6. The zero-order valence-corrected chi connectivity index (χ0v) is 29.5. The Hall–Kier alpha value is -5.49. The van der Waals surface area contributed by atoms with Crippen LogP contribution in [0.4, 0.5) is 10.5 Å². The average Bonchev–Trinajstić information content (AvgIpc) is 3.44. The first-order valence-electron chi connectivity index (χ1n) is 16.6. The first-order chi connectivity index (χ1) is 24.1. The molecule has 0 bridgehead atoms. The monoisotopic (exact) mass is 679 g/mol. The van der Waals surface area contributed by atoms with Crippen molar-refractivity contribution in [1.82, 2.24) is 4.90 Å². The first kappa shape index (κ1) is 34.4. The minimum Gasteiger partial charge on any atom is -0.436 e. The second kappa shape index (κ2) is 15.0. The van der Waals surface area contributed by atoms with Crippen molar-refractivity contribution in [2.45, 2.75) is 45.3 Å². The Morgan fingerprint density at radius 2 is 1.44 bits per heavy atom. The molecule has 251 valence electrons. The van der Waals surface area contributed by atoms with Gasteiger partial charge in [0.25, 0.3) is 14.7 Å². The minimum atomic E-state index is -1.70. The molecule has 0 aromatic heterocycles. The van der Waals surface area contributed by atoms with E-state index in [2.05, 4.69) is 87.4 Å². The molecule has 7 nitrogen and oxygen atoms in total. The highest BCUT2D eigenvalue weighted by Crippen LogP contribution is 2.45. The molecule has 0 saturated carbocycles. The van der Waals surface area contributed by atoms with Crippen LogP contribution in [0.1, 0.15) is 54.5 Å². The number of terminal acetylenes is 1. The standard InChI is InChI=1S/C42H39N2O5Si/c1-5-25-48-41(45)43(28-40-38-17-11-9-15-36(38)37-16-10-12-18-39(37)40)27-31-26-33(44(46)47)22-19-30(31)29-49-50(34-13-7-6-8-14-34)35-23-20-32(21-24-35)42(2,3)4/h1,6-24,26,40H,25,27-29H2,2-4H3. The Bertz CT molecular complexity index is 1990. The van der Waals surface area contributed by atoms with Crippen molar-refractivity contribution < 1.29 is 18.9 Å². The number of nitro groups is 1. The molecule has 0 unspecified atom stereocenters. The van der Waals surface area contributed by atoms with E-state index in [1.165, 1.54) is 17.7 Å². The number of non-ortho nitro benzene ring substituents is 1. The quantitative estimate of drug-likeness (QED) is 0.0622. The number of carbonyl (C=O) groups is 1. The lowest BCUT2D eigenvalue weighted by molar-refractivity contribution is -0.384. The lowest BCUT2D eigenvalue weighted by atomic mass is 9.87. The van der Waals surface area contributed by atoms with Gasteiger partial charge in [0.1, 0.15) is 0 Å². The van der Waals surface area contributed by atoms with Gasteiger partial charge in [-0.15, -0.1) is 6.42 Å². The Labute approximate surface area is 295 Å². The van der Waals surface area contributed by atoms with E-state index in [1.54, 1.807) is 11.0 Å². The van der Waals surface area contributed by atoms with Crippen molar-refractivity contribution in [3.05, 3.63) is 159 Å². The molecule has 5 aromatic rings. The van der Waals surface area contributed by atoms with Gasteiger partial charge in [0.05, 0.1) is 11.5 Å². The molecular formula is C42H39N2O5Si. The predicted molar refractivity (Wildman–Crippen MR) is 199 cm³/mol. The van der Waals surface area contributed by atoms with E-state index in [0.717, 1.165) is 38.2 Å². The van der Waals surface area contributed by atoms with Gasteiger partial charge >= 0.3 is 6.09 Å². The second-order valence-electron chi connectivity index (χ2n) is 13.4. The van der Waals surface area contributed by atoms with Crippen LogP contribution in [0.5, 0.6) is 0 Å². The molecule has 50 heavy (non-hydrogen) atoms. The Kier molecular flexibility index (Phi) is 10.3. The number of benzene rings is 5. The molecular weight excluding hydrogens is 641 g/mol. The molecule has 0 N–H and O–H groups in total. The fourth-order valence-corrected chi connectivity index (χ4v) is 8.42. The highest BCUT2D eigenvalue weighted by atomic mass is 28.3. The number of carbonyl (C=O) groups excluding carboxylic acids is 1. The summed E-state index contributed by atoms with van der Waals surface area (Å²) in [6.07, 6.45) is 4.87. The Morgan fingerprint density at radius 3 is 2.04 bits per heavy atom. The molecule has 1 radical (unpaired) electrons. The van der Waals surface area contributed by atoms with E-state index in [4.69, 9.17) is 15.6 Å². The summed E-state index contributed by atoms with van der Waals surface area (Å²) < 4.78 is 12.2. The zero-order valence-electron chi connectivity index (χ0n) is 28.5. The molecule has 0 spiro atoms. The molecule has 6 rings (SSSR count). The van der Waals surface area contributed by atoms with Crippen LogP contribution in [0, 0.1) is 22.5 Å². The maximum absolute atomic E-state index is 13.6. The number of rotatable bonds is 11. The summed E-state index contributed by atoms with van der Waals surface area (Å²) in [5.74, 6) is 2.26. The lowest BCUT2D eigenvalue weighted by Gasteiger charge is -2.27. The van der Waals surface area contributed by atoms with E-state index in [1.807, 2.05) is 42.5 Å². The Balaban J connectivity index is 1.33. The van der Waals surface area contributed by atoms with Gasteiger partial charge in [0, 0.05) is 31.1 Å². The van der Waals surface area contributed by atoms with E-state index in [-0.39, 0.29) is 36.8 Å². The van der Waals surface area contributed by atoms with Gasteiger partial charge in [-0.1, -0.05) is 130 Å². The summed E-state index contributed by atoms with van der Waals surface area (Å²) in [6, 6.07) is 39.8. The molecule has 1 aliphatic carbocycles. The van der Waals surface area contributed by atoms with Crippen LogP contribution in [0.25, 0.3) is 11.1 Å². The van der Waals surface area contributed by atoms with Crippen LogP contribution in [0.2, 0.25) is 0 Å². The third-order valence-electron chi connectivity index (χ3n) is 9.09. The number of ether oxygens (including phenoxy) is 1. The van der Waals surface area contributed by atoms with Crippen LogP contribution in [-0.2, 0) is 27.7 Å². The molecule has 1 aliphatic rings. The third kappa shape index (κ3) is 7.55. The van der Waals surface area contributed by atoms with Crippen LogP contribution >= 0.6 is 0 Å². The van der Waals surface area contributed by atoms with Crippen molar-refractivity contribution in [3.8, 4) is 23.5 Å². The second-order valence-corrected chi connectivity index (χ2v) is 15.5. The molecule has 5 aromatic carbocycles. The molecule has 0 atom stereocenters. The number of nitrogens with zero attached hydrogens (tertiary/aromatic N) is 2. The van der Waals surface area contributed by atoms with Crippen molar-refractivity contribution in [3.63, 3.8) is 0 Å². The van der Waals surface area contributed by atoms with Gasteiger partial charge in [0.15, 0.2) is 6.61 Å². The summed E-state index contributed by atoms with van der Waals surface area (Å²) >= 11 is 0. The van der Waals surface area contributed by atoms with Crippen LogP contribution in [-0.4, -0.2) is 38.1 Å². The number of hydrogen-bond donors (Lipinski definition) is 0. The van der Waals surface area contributed by atoms with Gasteiger partial charge in [-0.2, -0.15) is 0 Å². The van der Waals surface area contributed by atoms with Crippen molar-refractivity contribution >= 4 is 31.2 Å². The first-order valence-corrected chi connectivity index (χ1v) is 18.0. The van der Waals surface area contributed by atoms with E-state index < -0.39 is 20.1 Å². The minimum absolute atomic E-state index is 0.0165. The fourth-order valence-electron chi connectivity index (χ4n) is 6.49. The van der Waals surface area contributed by atoms with E-state index in [9.17, 15) is 14.9 Å². The summed E-state index contributed by atoms with van der Waals surface area (Å²) in [5, 5.41) is 14.1. The maximum Gasteiger partial charge on any atom is 0.411 e. The average molecular weight is 680 g/mol. The highest BCUT2D eigenvalue weighted by Gasteiger charge is 2.32. The topological polar surface area (TPSA) is 81.9 Å². The van der Waals surface area contributed by atoms with Gasteiger partial charge < -0.3 is 14.1 Å². The van der Waals surface area contributed by atoms with Gasteiger partial charge in [-0.25, -0.2) is 4.79 Å². The van der Waals surface area contributed by atoms with Crippen LogP contribution in [0.3, 0.4) is 0 Å². The van der Waals surface area contributed by atoms with Crippen molar-refractivity contribution in [2.24, 2.45) is 0 Å². The molecule has 8 heteroatoms. The SMILES string of the molecule is C#CCOC(=O)N(Cc1cc([N+](=O)[O-])ccc1CO[Si](c1ccccc1)c1ccc(C(C)(C)C)cc1)CC1c2ccccc2-c2ccccc21. The number of nitro benzene ring substituents is 1. The zero-order chi connectivity index (χ0) is 35.3. The number of amides is 1. The fraction of sp³-hybridized carbons (Fsp3) is 0.214. The summed E-state index contributed by atoms with van der Waals surface area (Å²) in [7, 11) is -1.70. The lowest BCUT2D eigenvalue weighted by Crippen LogP contribution is -2.45.